The average molecular weight is 294 g/mol. The minimum atomic E-state index is -0.109. The highest BCUT2D eigenvalue weighted by molar-refractivity contribution is 5.17. The normalized spacial score (nSPS) is 14.7. The fraction of sp³-hybridized carbons (Fsp3) is 0.667. The first-order valence-corrected chi connectivity index (χ1v) is 8.01. The molecule has 3 heteroatoms. The van der Waals surface area contributed by atoms with E-state index < -0.39 is 0 Å². The Labute approximate surface area is 129 Å². The Bertz CT molecular complexity index is 419. The van der Waals surface area contributed by atoms with Crippen LogP contribution in [0.3, 0.4) is 0 Å². The van der Waals surface area contributed by atoms with E-state index in [1.54, 1.807) is 6.07 Å². The van der Waals surface area contributed by atoms with Crippen LogP contribution in [0.2, 0.25) is 0 Å². The molecule has 0 saturated heterocycles. The van der Waals surface area contributed by atoms with Gasteiger partial charge in [-0.1, -0.05) is 52.3 Å². The maximum absolute atomic E-state index is 13.7. The van der Waals surface area contributed by atoms with Gasteiger partial charge in [0.15, 0.2) is 0 Å². The molecule has 0 aliphatic carbocycles. The summed E-state index contributed by atoms with van der Waals surface area (Å²) in [6.07, 6.45) is 2.35. The van der Waals surface area contributed by atoms with Crippen LogP contribution in [0, 0.1) is 11.2 Å². The van der Waals surface area contributed by atoms with Crippen molar-refractivity contribution >= 4 is 0 Å². The van der Waals surface area contributed by atoms with E-state index in [4.69, 9.17) is 0 Å². The number of halogens is 1. The van der Waals surface area contributed by atoms with Crippen molar-refractivity contribution in [3.8, 4) is 0 Å². The number of nitrogens with zero attached hydrogens (tertiary/aromatic N) is 1. The van der Waals surface area contributed by atoms with E-state index in [0.29, 0.717) is 12.6 Å². The molecule has 2 nitrogen and oxygen atoms in total. The Morgan fingerprint density at radius 1 is 1.29 bits per heavy atom. The van der Waals surface area contributed by atoms with Crippen LogP contribution in [0.1, 0.15) is 46.1 Å². The zero-order valence-corrected chi connectivity index (χ0v) is 14.2. The number of benzene rings is 1. The standard InChI is InChI=1S/C18H31FN2/c1-6-11-18(4,13-20-15(2)3)14-21(5)12-16-9-7-8-10-17(16)19/h7-10,15,20H,6,11-14H2,1-5H3. The van der Waals surface area contributed by atoms with E-state index in [2.05, 4.69) is 45.0 Å². The first-order chi connectivity index (χ1) is 9.86. The topological polar surface area (TPSA) is 15.3 Å². The maximum atomic E-state index is 13.7. The fourth-order valence-corrected chi connectivity index (χ4v) is 2.90. The molecule has 1 aromatic carbocycles. The molecular formula is C18H31FN2. The highest BCUT2D eigenvalue weighted by Gasteiger charge is 2.25. The summed E-state index contributed by atoms with van der Waals surface area (Å²) in [5, 5.41) is 3.55. The zero-order chi connectivity index (χ0) is 15.9. The molecule has 0 radical (unpaired) electrons. The van der Waals surface area contributed by atoms with Crippen LogP contribution in [-0.4, -0.2) is 31.1 Å². The average Bonchev–Trinajstić information content (AvgIpc) is 2.39. The van der Waals surface area contributed by atoms with Crippen LogP contribution in [-0.2, 0) is 6.54 Å². The third-order valence-electron chi connectivity index (χ3n) is 3.84. The Balaban J connectivity index is 2.63. The lowest BCUT2D eigenvalue weighted by molar-refractivity contribution is 0.164. The third-order valence-corrected chi connectivity index (χ3v) is 3.84. The number of hydrogen-bond acceptors (Lipinski definition) is 2. The monoisotopic (exact) mass is 294 g/mol. The fourth-order valence-electron chi connectivity index (χ4n) is 2.90. The van der Waals surface area contributed by atoms with Crippen molar-refractivity contribution in [1.29, 1.82) is 0 Å². The van der Waals surface area contributed by atoms with Gasteiger partial charge >= 0.3 is 0 Å². The van der Waals surface area contributed by atoms with Gasteiger partial charge in [-0.3, -0.25) is 0 Å². The van der Waals surface area contributed by atoms with Gasteiger partial charge in [0.25, 0.3) is 0 Å². The summed E-state index contributed by atoms with van der Waals surface area (Å²) in [7, 11) is 2.08. The predicted molar refractivity (Wildman–Crippen MR) is 88.9 cm³/mol. The van der Waals surface area contributed by atoms with Crippen molar-refractivity contribution < 1.29 is 4.39 Å². The lowest BCUT2D eigenvalue weighted by atomic mass is 9.84. The van der Waals surface area contributed by atoms with Gasteiger partial charge < -0.3 is 10.2 Å². The number of hydrogen-bond donors (Lipinski definition) is 1. The van der Waals surface area contributed by atoms with Gasteiger partial charge in [-0.05, 0) is 24.9 Å². The lowest BCUT2D eigenvalue weighted by Crippen LogP contribution is -2.42. The second kappa shape index (κ2) is 8.50. The molecule has 21 heavy (non-hydrogen) atoms. The summed E-state index contributed by atoms with van der Waals surface area (Å²) >= 11 is 0. The van der Waals surface area contributed by atoms with Crippen molar-refractivity contribution in [2.45, 2.75) is 53.1 Å². The minimum absolute atomic E-state index is 0.109. The van der Waals surface area contributed by atoms with Gasteiger partial charge in [0, 0.05) is 31.2 Å². The SMILES string of the molecule is CCCC(C)(CNC(C)C)CN(C)Cc1ccccc1F. The molecule has 1 aromatic rings. The van der Waals surface area contributed by atoms with Crippen molar-refractivity contribution in [2.24, 2.45) is 5.41 Å². The van der Waals surface area contributed by atoms with Crippen LogP contribution in [0.5, 0.6) is 0 Å². The molecule has 0 bridgehead atoms. The van der Waals surface area contributed by atoms with E-state index in [9.17, 15) is 4.39 Å². The van der Waals surface area contributed by atoms with Crippen molar-refractivity contribution in [3.05, 3.63) is 35.6 Å². The van der Waals surface area contributed by atoms with E-state index in [0.717, 1.165) is 18.7 Å². The molecule has 0 heterocycles. The predicted octanol–water partition coefficient (Wildman–Crippen LogP) is 4.06. The molecule has 0 aliphatic heterocycles. The minimum Gasteiger partial charge on any atom is -0.314 e. The summed E-state index contributed by atoms with van der Waals surface area (Å²) in [5.41, 5.74) is 0.995. The van der Waals surface area contributed by atoms with Gasteiger partial charge in [0.05, 0.1) is 0 Å². The summed E-state index contributed by atoms with van der Waals surface area (Å²) < 4.78 is 13.7. The third kappa shape index (κ3) is 6.58. The summed E-state index contributed by atoms with van der Waals surface area (Å²) in [6.45, 7) is 11.5. The Kier molecular flexibility index (Phi) is 7.33. The number of rotatable bonds is 9. The largest absolute Gasteiger partial charge is 0.314 e. The summed E-state index contributed by atoms with van der Waals surface area (Å²) in [5.74, 6) is -0.109. The highest BCUT2D eigenvalue weighted by Crippen LogP contribution is 2.24. The van der Waals surface area contributed by atoms with Gasteiger partial charge in [-0.2, -0.15) is 0 Å². The highest BCUT2D eigenvalue weighted by atomic mass is 19.1. The molecule has 0 amide bonds. The van der Waals surface area contributed by atoms with E-state index in [-0.39, 0.29) is 11.2 Å². The van der Waals surface area contributed by atoms with Gasteiger partial charge in [-0.15, -0.1) is 0 Å². The molecule has 1 unspecified atom stereocenters. The van der Waals surface area contributed by atoms with Crippen LogP contribution in [0.15, 0.2) is 24.3 Å². The van der Waals surface area contributed by atoms with Gasteiger partial charge in [0.2, 0.25) is 0 Å². The molecule has 1 rings (SSSR count). The van der Waals surface area contributed by atoms with E-state index in [1.165, 1.54) is 18.9 Å². The summed E-state index contributed by atoms with van der Waals surface area (Å²) in [6, 6.07) is 7.55. The second-order valence-electron chi connectivity index (χ2n) is 6.86. The molecule has 0 saturated carbocycles. The van der Waals surface area contributed by atoms with E-state index >= 15 is 0 Å². The first-order valence-electron chi connectivity index (χ1n) is 8.01. The molecule has 1 N–H and O–H groups in total. The maximum Gasteiger partial charge on any atom is 0.127 e. The lowest BCUT2D eigenvalue weighted by Gasteiger charge is -2.35. The Morgan fingerprint density at radius 2 is 1.95 bits per heavy atom. The zero-order valence-electron chi connectivity index (χ0n) is 14.2. The van der Waals surface area contributed by atoms with E-state index in [1.807, 2.05) is 12.1 Å². The van der Waals surface area contributed by atoms with Crippen LogP contribution in [0.4, 0.5) is 4.39 Å². The molecular weight excluding hydrogens is 263 g/mol. The molecule has 120 valence electrons. The Morgan fingerprint density at radius 3 is 2.52 bits per heavy atom. The molecule has 0 fully saturated rings. The first kappa shape index (κ1) is 18.1. The number of nitrogens with one attached hydrogen (secondary N) is 1. The molecule has 0 aromatic heterocycles. The van der Waals surface area contributed by atoms with Crippen LogP contribution >= 0.6 is 0 Å². The smallest absolute Gasteiger partial charge is 0.127 e. The molecule has 1 atom stereocenters. The quantitative estimate of drug-likeness (QED) is 0.739. The second-order valence-corrected chi connectivity index (χ2v) is 6.86. The van der Waals surface area contributed by atoms with Crippen molar-refractivity contribution in [2.75, 3.05) is 20.1 Å². The van der Waals surface area contributed by atoms with Crippen LogP contribution < -0.4 is 5.32 Å². The van der Waals surface area contributed by atoms with Gasteiger partial charge in [-0.25, -0.2) is 4.39 Å². The van der Waals surface area contributed by atoms with Gasteiger partial charge in [0.1, 0.15) is 5.82 Å². The Hall–Kier alpha value is -0.930. The van der Waals surface area contributed by atoms with Crippen molar-refractivity contribution in [3.63, 3.8) is 0 Å². The molecule has 0 spiro atoms. The van der Waals surface area contributed by atoms with Crippen LogP contribution in [0.25, 0.3) is 0 Å². The molecule has 0 aliphatic rings. The van der Waals surface area contributed by atoms with Crippen molar-refractivity contribution in [1.82, 2.24) is 10.2 Å². The summed E-state index contributed by atoms with van der Waals surface area (Å²) in [4.78, 5) is 2.23.